The van der Waals surface area contributed by atoms with Crippen molar-refractivity contribution >= 4 is 0 Å². The van der Waals surface area contributed by atoms with Crippen molar-refractivity contribution in [1.29, 1.82) is 0 Å². The molecule has 0 aromatic carbocycles. The van der Waals surface area contributed by atoms with Crippen molar-refractivity contribution in [2.75, 3.05) is 13.1 Å². The maximum absolute atomic E-state index is 4.57. The Morgan fingerprint density at radius 2 is 2.12 bits per heavy atom. The summed E-state index contributed by atoms with van der Waals surface area (Å²) in [5, 5.41) is 8.04. The molecule has 0 spiro atoms. The second-order valence-corrected chi connectivity index (χ2v) is 5.23. The molecule has 98 valence electrons. The zero-order chi connectivity index (χ0) is 12.7. The van der Waals surface area contributed by atoms with Crippen LogP contribution in [-0.4, -0.2) is 22.9 Å². The minimum Gasteiger partial charge on any atom is -0.316 e. The molecule has 0 saturated carbocycles. The molecule has 0 aliphatic rings. The van der Waals surface area contributed by atoms with Crippen LogP contribution in [0.25, 0.3) is 0 Å². The molecule has 1 heterocycles. The Bertz CT molecular complexity index is 304. The van der Waals surface area contributed by atoms with Gasteiger partial charge in [0.25, 0.3) is 0 Å². The van der Waals surface area contributed by atoms with E-state index < -0.39 is 0 Å². The van der Waals surface area contributed by atoms with Crippen LogP contribution < -0.4 is 5.32 Å². The number of hydrogen-bond acceptors (Lipinski definition) is 2. The predicted octanol–water partition coefficient (Wildman–Crippen LogP) is 3.03. The second kappa shape index (κ2) is 7.49. The summed E-state index contributed by atoms with van der Waals surface area (Å²) in [6.45, 7) is 11.1. The van der Waals surface area contributed by atoms with E-state index >= 15 is 0 Å². The van der Waals surface area contributed by atoms with Crippen LogP contribution in [0.5, 0.6) is 0 Å². The first-order chi connectivity index (χ1) is 8.13. The molecule has 1 rings (SSSR count). The number of nitrogens with one attached hydrogen (secondary N) is 1. The molecule has 0 fully saturated rings. The molecule has 1 aromatic heterocycles. The van der Waals surface area contributed by atoms with E-state index in [2.05, 4.69) is 50.4 Å². The van der Waals surface area contributed by atoms with Gasteiger partial charge in [-0.3, -0.25) is 4.68 Å². The van der Waals surface area contributed by atoms with Crippen molar-refractivity contribution in [2.24, 2.45) is 5.92 Å². The Labute approximate surface area is 106 Å². The van der Waals surface area contributed by atoms with Crippen LogP contribution in [0.1, 0.15) is 52.3 Å². The monoisotopic (exact) mass is 237 g/mol. The minimum atomic E-state index is 0.465. The highest BCUT2D eigenvalue weighted by atomic mass is 15.3. The fraction of sp³-hybridized carbons (Fsp3) is 0.786. The van der Waals surface area contributed by atoms with Gasteiger partial charge in [0.1, 0.15) is 0 Å². The van der Waals surface area contributed by atoms with Gasteiger partial charge in [0.15, 0.2) is 0 Å². The Balaban J connectivity index is 2.24. The van der Waals surface area contributed by atoms with Crippen molar-refractivity contribution in [1.82, 2.24) is 15.1 Å². The maximum atomic E-state index is 4.57. The van der Waals surface area contributed by atoms with Crippen molar-refractivity contribution in [3.8, 4) is 0 Å². The molecule has 0 aliphatic heterocycles. The lowest BCUT2D eigenvalue weighted by Gasteiger charge is -2.11. The lowest BCUT2D eigenvalue weighted by Crippen LogP contribution is -2.22. The minimum absolute atomic E-state index is 0.465. The highest BCUT2D eigenvalue weighted by Gasteiger charge is 2.05. The van der Waals surface area contributed by atoms with Gasteiger partial charge >= 0.3 is 0 Å². The third kappa shape index (κ3) is 5.35. The molecule has 1 aromatic rings. The molecular weight excluding hydrogens is 210 g/mol. The fourth-order valence-corrected chi connectivity index (χ4v) is 1.82. The van der Waals surface area contributed by atoms with Gasteiger partial charge in [0, 0.05) is 12.2 Å². The van der Waals surface area contributed by atoms with Crippen molar-refractivity contribution in [3.05, 3.63) is 18.0 Å². The molecule has 0 saturated heterocycles. The highest BCUT2D eigenvalue weighted by molar-refractivity contribution is 4.99. The van der Waals surface area contributed by atoms with E-state index in [0.717, 1.165) is 25.4 Å². The van der Waals surface area contributed by atoms with Crippen LogP contribution in [0.15, 0.2) is 12.3 Å². The van der Waals surface area contributed by atoms with Crippen molar-refractivity contribution < 1.29 is 0 Å². The molecule has 1 atom stereocenters. The second-order valence-electron chi connectivity index (χ2n) is 5.23. The third-order valence-corrected chi connectivity index (χ3v) is 3.01. The third-order valence-electron chi connectivity index (χ3n) is 3.01. The Morgan fingerprint density at radius 3 is 2.71 bits per heavy atom. The van der Waals surface area contributed by atoms with Crippen LogP contribution in [0.4, 0.5) is 0 Å². The van der Waals surface area contributed by atoms with Crippen LogP contribution >= 0.6 is 0 Å². The first-order valence-corrected chi connectivity index (χ1v) is 6.88. The number of nitrogens with zero attached hydrogens (tertiary/aromatic N) is 2. The highest BCUT2D eigenvalue weighted by Crippen LogP contribution is 2.09. The standard InChI is InChI=1S/C14H27N3/c1-5-9-15-11-13(4)6-7-14-8-10-17(16-14)12(2)3/h8,10,12-13,15H,5-7,9,11H2,1-4H3. The van der Waals surface area contributed by atoms with Gasteiger partial charge in [0.05, 0.1) is 5.69 Å². The number of rotatable bonds is 8. The summed E-state index contributed by atoms with van der Waals surface area (Å²) in [6, 6.07) is 2.61. The summed E-state index contributed by atoms with van der Waals surface area (Å²) in [5.74, 6) is 0.728. The van der Waals surface area contributed by atoms with Gasteiger partial charge < -0.3 is 5.32 Å². The predicted molar refractivity (Wildman–Crippen MR) is 73.3 cm³/mol. The average Bonchev–Trinajstić information content (AvgIpc) is 2.75. The van der Waals surface area contributed by atoms with E-state index in [1.165, 1.54) is 18.5 Å². The summed E-state index contributed by atoms with van der Waals surface area (Å²) in [4.78, 5) is 0. The lowest BCUT2D eigenvalue weighted by atomic mass is 10.0. The van der Waals surface area contributed by atoms with Crippen molar-refractivity contribution in [2.45, 2.75) is 53.0 Å². The number of aryl methyl sites for hydroxylation is 1. The molecule has 0 radical (unpaired) electrons. The zero-order valence-corrected chi connectivity index (χ0v) is 11.7. The summed E-state index contributed by atoms with van der Waals surface area (Å²) in [7, 11) is 0. The topological polar surface area (TPSA) is 29.9 Å². The van der Waals surface area contributed by atoms with Crippen LogP contribution in [-0.2, 0) is 6.42 Å². The molecule has 3 nitrogen and oxygen atoms in total. The molecule has 17 heavy (non-hydrogen) atoms. The van der Waals surface area contributed by atoms with E-state index in [1.54, 1.807) is 0 Å². The summed E-state index contributed by atoms with van der Waals surface area (Å²) in [5.41, 5.74) is 1.22. The fourth-order valence-electron chi connectivity index (χ4n) is 1.82. The molecular formula is C14H27N3. The molecule has 0 bridgehead atoms. The first kappa shape index (κ1) is 14.2. The van der Waals surface area contributed by atoms with Gasteiger partial charge in [-0.05, 0) is 58.2 Å². The van der Waals surface area contributed by atoms with Crippen LogP contribution in [0, 0.1) is 5.92 Å². The number of aromatic nitrogens is 2. The van der Waals surface area contributed by atoms with E-state index in [0.29, 0.717) is 6.04 Å². The summed E-state index contributed by atoms with van der Waals surface area (Å²) in [6.07, 6.45) is 5.60. The van der Waals surface area contributed by atoms with Gasteiger partial charge in [-0.25, -0.2) is 0 Å². The van der Waals surface area contributed by atoms with E-state index in [-0.39, 0.29) is 0 Å². The lowest BCUT2D eigenvalue weighted by molar-refractivity contribution is 0.473. The number of hydrogen-bond donors (Lipinski definition) is 1. The summed E-state index contributed by atoms with van der Waals surface area (Å²) >= 11 is 0. The van der Waals surface area contributed by atoms with Gasteiger partial charge in [-0.2, -0.15) is 5.10 Å². The smallest absolute Gasteiger partial charge is 0.0624 e. The quantitative estimate of drug-likeness (QED) is 0.704. The Hall–Kier alpha value is -0.830. The Kier molecular flexibility index (Phi) is 6.27. The van der Waals surface area contributed by atoms with Crippen molar-refractivity contribution in [3.63, 3.8) is 0 Å². The van der Waals surface area contributed by atoms with E-state index in [4.69, 9.17) is 0 Å². The molecule has 0 amide bonds. The van der Waals surface area contributed by atoms with E-state index in [9.17, 15) is 0 Å². The molecule has 1 unspecified atom stereocenters. The molecule has 0 aliphatic carbocycles. The molecule has 1 N–H and O–H groups in total. The van der Waals surface area contributed by atoms with Gasteiger partial charge in [-0.15, -0.1) is 0 Å². The Morgan fingerprint density at radius 1 is 1.35 bits per heavy atom. The first-order valence-electron chi connectivity index (χ1n) is 6.88. The van der Waals surface area contributed by atoms with Gasteiger partial charge in [-0.1, -0.05) is 13.8 Å². The molecule has 3 heteroatoms. The average molecular weight is 237 g/mol. The normalized spacial score (nSPS) is 13.2. The SMILES string of the molecule is CCCNCC(C)CCc1ccn(C(C)C)n1. The largest absolute Gasteiger partial charge is 0.316 e. The maximum Gasteiger partial charge on any atom is 0.0624 e. The zero-order valence-electron chi connectivity index (χ0n) is 11.7. The van der Waals surface area contributed by atoms with E-state index in [1.807, 2.05) is 4.68 Å². The van der Waals surface area contributed by atoms with Crippen LogP contribution in [0.3, 0.4) is 0 Å². The van der Waals surface area contributed by atoms with Crippen LogP contribution in [0.2, 0.25) is 0 Å². The van der Waals surface area contributed by atoms with Gasteiger partial charge in [0.2, 0.25) is 0 Å². The summed E-state index contributed by atoms with van der Waals surface area (Å²) < 4.78 is 2.04.